The number of benzene rings is 1. The highest BCUT2D eigenvalue weighted by molar-refractivity contribution is 6.02. The van der Waals surface area contributed by atoms with Crippen LogP contribution in [0.2, 0.25) is 0 Å². The minimum Gasteiger partial charge on any atom is -0.481 e. The third kappa shape index (κ3) is 5.31. The molecule has 0 radical (unpaired) electrons. The number of carboxylic acids is 2. The highest BCUT2D eigenvalue weighted by atomic mass is 16.4. The third-order valence-corrected chi connectivity index (χ3v) is 4.80. The van der Waals surface area contributed by atoms with E-state index in [0.717, 1.165) is 0 Å². The Bertz CT molecular complexity index is 696. The number of carbonyl (C=O) groups is 4. The van der Waals surface area contributed by atoms with Crippen molar-refractivity contribution < 1.29 is 29.4 Å². The van der Waals surface area contributed by atoms with Gasteiger partial charge in [-0.05, 0) is 36.1 Å². The van der Waals surface area contributed by atoms with Crippen LogP contribution < -0.4 is 11.5 Å². The zero-order valence-corrected chi connectivity index (χ0v) is 16.2. The zero-order chi connectivity index (χ0) is 21.4. The van der Waals surface area contributed by atoms with Gasteiger partial charge in [0.2, 0.25) is 11.8 Å². The molecule has 1 rings (SSSR count). The van der Waals surface area contributed by atoms with Gasteiger partial charge in [0.15, 0.2) is 0 Å². The summed E-state index contributed by atoms with van der Waals surface area (Å²) < 4.78 is 0. The standard InChI is InChI=1S/C20H28N2O6/c1-3-5-7-13(19(25)26)15-11(17(21)23)9-10-12(18(22)24)16(15)14(20(27)28)8-6-4-2/h9-10,13-14H,3-8H2,1-2H3,(H2,21,23)(H2,22,24)(H,25,26)(H,27,28). The van der Waals surface area contributed by atoms with Crippen molar-refractivity contribution >= 4 is 23.8 Å². The Labute approximate surface area is 163 Å². The van der Waals surface area contributed by atoms with Crippen LogP contribution in [-0.4, -0.2) is 34.0 Å². The maximum Gasteiger partial charge on any atom is 0.311 e. The second kappa shape index (κ2) is 10.4. The molecule has 0 saturated carbocycles. The summed E-state index contributed by atoms with van der Waals surface area (Å²) in [5.41, 5.74) is 10.7. The molecular weight excluding hydrogens is 364 g/mol. The van der Waals surface area contributed by atoms with E-state index in [4.69, 9.17) is 11.5 Å². The molecule has 0 aromatic heterocycles. The first-order valence-electron chi connectivity index (χ1n) is 9.39. The molecular formula is C20H28N2O6. The number of nitrogens with two attached hydrogens (primary N) is 2. The van der Waals surface area contributed by atoms with Gasteiger partial charge in [-0.3, -0.25) is 19.2 Å². The number of unbranched alkanes of at least 4 members (excludes halogenated alkanes) is 2. The van der Waals surface area contributed by atoms with Crippen molar-refractivity contribution in [1.82, 2.24) is 0 Å². The number of hydrogen-bond acceptors (Lipinski definition) is 4. The van der Waals surface area contributed by atoms with Crippen LogP contribution in [0.5, 0.6) is 0 Å². The van der Waals surface area contributed by atoms with Crippen molar-refractivity contribution in [3.63, 3.8) is 0 Å². The molecule has 0 aliphatic carbocycles. The van der Waals surface area contributed by atoms with Gasteiger partial charge in [0.05, 0.1) is 11.8 Å². The molecule has 0 saturated heterocycles. The van der Waals surface area contributed by atoms with E-state index in [-0.39, 0.29) is 35.1 Å². The van der Waals surface area contributed by atoms with Crippen LogP contribution in [0.15, 0.2) is 12.1 Å². The molecule has 6 N–H and O–H groups in total. The predicted molar refractivity (Wildman–Crippen MR) is 103 cm³/mol. The molecule has 8 nitrogen and oxygen atoms in total. The molecule has 2 unspecified atom stereocenters. The Hall–Kier alpha value is -2.90. The van der Waals surface area contributed by atoms with E-state index in [2.05, 4.69) is 0 Å². The van der Waals surface area contributed by atoms with Crippen molar-refractivity contribution in [2.45, 2.75) is 64.2 Å². The van der Waals surface area contributed by atoms with Crippen molar-refractivity contribution in [2.75, 3.05) is 0 Å². The quantitative estimate of drug-likeness (QED) is 0.427. The summed E-state index contributed by atoms with van der Waals surface area (Å²) in [7, 11) is 0. The zero-order valence-electron chi connectivity index (χ0n) is 16.2. The third-order valence-electron chi connectivity index (χ3n) is 4.80. The normalized spacial score (nSPS) is 12.9. The summed E-state index contributed by atoms with van der Waals surface area (Å²) in [6, 6.07) is 2.50. The highest BCUT2D eigenvalue weighted by Crippen LogP contribution is 2.37. The number of hydrogen-bond donors (Lipinski definition) is 4. The van der Waals surface area contributed by atoms with E-state index in [0.29, 0.717) is 25.7 Å². The molecule has 0 fully saturated rings. The molecule has 0 spiro atoms. The van der Waals surface area contributed by atoms with Crippen LogP contribution in [0.3, 0.4) is 0 Å². The Morgan fingerprint density at radius 3 is 1.32 bits per heavy atom. The van der Waals surface area contributed by atoms with Gasteiger partial charge in [-0.15, -0.1) is 0 Å². The number of primary amides is 2. The summed E-state index contributed by atoms with van der Waals surface area (Å²) in [5.74, 6) is -6.51. The molecule has 154 valence electrons. The average molecular weight is 392 g/mol. The van der Waals surface area contributed by atoms with Crippen LogP contribution in [0.4, 0.5) is 0 Å². The lowest BCUT2D eigenvalue weighted by molar-refractivity contribution is -0.140. The number of rotatable bonds is 12. The first-order chi connectivity index (χ1) is 13.2. The first-order valence-corrected chi connectivity index (χ1v) is 9.39. The maximum atomic E-state index is 12.0. The minimum absolute atomic E-state index is 0.00625. The fourth-order valence-electron chi connectivity index (χ4n) is 3.42. The van der Waals surface area contributed by atoms with Crippen LogP contribution in [-0.2, 0) is 9.59 Å². The van der Waals surface area contributed by atoms with E-state index < -0.39 is 35.6 Å². The maximum absolute atomic E-state index is 12.0. The van der Waals surface area contributed by atoms with Gasteiger partial charge < -0.3 is 21.7 Å². The van der Waals surface area contributed by atoms with E-state index in [9.17, 15) is 29.4 Å². The number of aliphatic carboxylic acids is 2. The van der Waals surface area contributed by atoms with E-state index in [1.165, 1.54) is 12.1 Å². The molecule has 1 aromatic rings. The van der Waals surface area contributed by atoms with Gasteiger partial charge in [0.25, 0.3) is 0 Å². The number of amides is 2. The first kappa shape index (κ1) is 23.1. The largest absolute Gasteiger partial charge is 0.481 e. The lowest BCUT2D eigenvalue weighted by Crippen LogP contribution is -2.28. The smallest absolute Gasteiger partial charge is 0.311 e. The Balaban J connectivity index is 3.91. The van der Waals surface area contributed by atoms with Gasteiger partial charge in [-0.2, -0.15) is 0 Å². The lowest BCUT2D eigenvalue weighted by atomic mass is 9.77. The fraction of sp³-hybridized carbons (Fsp3) is 0.500. The van der Waals surface area contributed by atoms with Crippen molar-refractivity contribution in [3.05, 3.63) is 34.4 Å². The molecule has 0 heterocycles. The van der Waals surface area contributed by atoms with Crippen LogP contribution >= 0.6 is 0 Å². The Kier molecular flexibility index (Phi) is 8.63. The topological polar surface area (TPSA) is 161 Å². The van der Waals surface area contributed by atoms with Gasteiger partial charge in [-0.1, -0.05) is 39.5 Å². The van der Waals surface area contributed by atoms with Crippen molar-refractivity contribution in [2.24, 2.45) is 11.5 Å². The van der Waals surface area contributed by atoms with Crippen LogP contribution in [0, 0.1) is 0 Å². The summed E-state index contributed by atoms with van der Waals surface area (Å²) in [6.45, 7) is 3.77. The summed E-state index contributed by atoms with van der Waals surface area (Å²) in [5, 5.41) is 19.6. The average Bonchev–Trinajstić information content (AvgIpc) is 2.61. The van der Waals surface area contributed by atoms with Gasteiger partial charge >= 0.3 is 11.9 Å². The van der Waals surface area contributed by atoms with E-state index in [1.807, 2.05) is 13.8 Å². The van der Waals surface area contributed by atoms with Gasteiger partial charge in [0.1, 0.15) is 0 Å². The predicted octanol–water partition coefficient (Wildman–Crippen LogP) is 2.60. The fourth-order valence-corrected chi connectivity index (χ4v) is 3.42. The summed E-state index contributed by atoms with van der Waals surface area (Å²) in [4.78, 5) is 48.1. The molecule has 0 bridgehead atoms. The molecule has 0 aliphatic rings. The monoisotopic (exact) mass is 392 g/mol. The van der Waals surface area contributed by atoms with Gasteiger partial charge in [-0.25, -0.2) is 0 Å². The number of carboxylic acid groups (broad SMARTS) is 2. The molecule has 0 aliphatic heterocycles. The molecule has 1 aromatic carbocycles. The molecule has 28 heavy (non-hydrogen) atoms. The van der Waals surface area contributed by atoms with Crippen molar-refractivity contribution in [3.8, 4) is 0 Å². The Morgan fingerprint density at radius 2 is 1.11 bits per heavy atom. The lowest BCUT2D eigenvalue weighted by Gasteiger charge is -2.25. The Morgan fingerprint density at radius 1 is 0.786 bits per heavy atom. The molecule has 2 atom stereocenters. The minimum atomic E-state index is -1.21. The molecule has 2 amide bonds. The summed E-state index contributed by atoms with van der Waals surface area (Å²) >= 11 is 0. The van der Waals surface area contributed by atoms with E-state index in [1.54, 1.807) is 0 Å². The van der Waals surface area contributed by atoms with E-state index >= 15 is 0 Å². The second-order valence-corrected chi connectivity index (χ2v) is 6.78. The van der Waals surface area contributed by atoms with Gasteiger partial charge in [0, 0.05) is 11.1 Å². The SMILES string of the molecule is CCCCC(C(=O)O)c1c(C(N)=O)ccc(C(N)=O)c1C(CCCC)C(=O)O. The number of carbonyl (C=O) groups excluding carboxylic acids is 2. The molecule has 8 heteroatoms. The van der Waals surface area contributed by atoms with Crippen LogP contribution in [0.25, 0.3) is 0 Å². The summed E-state index contributed by atoms with van der Waals surface area (Å²) in [6.07, 6.45) is 2.87. The van der Waals surface area contributed by atoms with Crippen molar-refractivity contribution in [1.29, 1.82) is 0 Å². The van der Waals surface area contributed by atoms with Crippen LogP contribution in [0.1, 0.15) is 96.1 Å². The second-order valence-electron chi connectivity index (χ2n) is 6.78. The highest BCUT2D eigenvalue weighted by Gasteiger charge is 2.35.